The van der Waals surface area contributed by atoms with Crippen molar-refractivity contribution in [3.05, 3.63) is 39.7 Å². The van der Waals surface area contributed by atoms with Gasteiger partial charge in [-0.25, -0.2) is 4.98 Å². The van der Waals surface area contributed by atoms with E-state index in [0.717, 1.165) is 47.1 Å². The topological polar surface area (TPSA) is 65.5 Å². The minimum Gasteiger partial charge on any atom is -0.352 e. The van der Waals surface area contributed by atoms with Crippen molar-refractivity contribution in [2.24, 2.45) is 0 Å². The van der Waals surface area contributed by atoms with Crippen LogP contribution in [0.25, 0.3) is 11.3 Å². The normalized spacial score (nSPS) is 18.3. The van der Waals surface area contributed by atoms with Gasteiger partial charge in [0.25, 0.3) is 0 Å². The average Bonchev–Trinajstić information content (AvgIpc) is 3.48. The molecule has 1 aliphatic heterocycles. The van der Waals surface area contributed by atoms with Gasteiger partial charge in [-0.05, 0) is 33.6 Å². The second-order valence-corrected chi connectivity index (χ2v) is 9.71. The molecule has 4 rings (SSSR count). The Morgan fingerprint density at radius 1 is 1.13 bits per heavy atom. The first-order valence-electron chi connectivity index (χ1n) is 10.8. The Kier molecular flexibility index (Phi) is 6.20. The highest BCUT2D eigenvalue weighted by Crippen LogP contribution is 2.29. The van der Waals surface area contributed by atoms with Crippen molar-refractivity contribution in [1.82, 2.24) is 20.1 Å². The van der Waals surface area contributed by atoms with E-state index in [2.05, 4.69) is 46.4 Å². The molecular formula is C23H30N4O2S. The highest BCUT2D eigenvalue weighted by Gasteiger charge is 2.31. The summed E-state index contributed by atoms with van der Waals surface area (Å²) in [6.07, 6.45) is 2.58. The van der Waals surface area contributed by atoms with Crippen LogP contribution in [0.1, 0.15) is 35.2 Å². The van der Waals surface area contributed by atoms with E-state index in [-0.39, 0.29) is 17.9 Å². The molecule has 7 heteroatoms. The molecule has 1 unspecified atom stereocenters. The molecule has 2 aliphatic rings. The maximum Gasteiger partial charge on any atom is 0.237 e. The summed E-state index contributed by atoms with van der Waals surface area (Å²) >= 11 is 1.60. The number of nitrogens with one attached hydrogen (secondary N) is 1. The predicted octanol–water partition coefficient (Wildman–Crippen LogP) is 2.78. The minimum atomic E-state index is -0.139. The molecule has 1 saturated carbocycles. The number of thiazole rings is 1. The lowest BCUT2D eigenvalue weighted by atomic mass is 10.1. The van der Waals surface area contributed by atoms with Crippen LogP contribution < -0.4 is 5.32 Å². The fourth-order valence-electron chi connectivity index (χ4n) is 3.85. The molecule has 30 heavy (non-hydrogen) atoms. The fraction of sp³-hybridized carbons (Fsp3) is 0.522. The first-order valence-corrected chi connectivity index (χ1v) is 11.6. The van der Waals surface area contributed by atoms with E-state index in [4.69, 9.17) is 0 Å². The fourth-order valence-corrected chi connectivity index (χ4v) is 4.80. The molecule has 2 aromatic rings. The molecule has 0 radical (unpaired) electrons. The van der Waals surface area contributed by atoms with Gasteiger partial charge in [-0.1, -0.05) is 29.8 Å². The van der Waals surface area contributed by atoms with Gasteiger partial charge in [0.2, 0.25) is 11.8 Å². The number of piperazine rings is 1. The Morgan fingerprint density at radius 3 is 2.43 bits per heavy atom. The van der Waals surface area contributed by atoms with E-state index in [1.165, 1.54) is 5.56 Å². The Labute approximate surface area is 182 Å². The second-order valence-electron chi connectivity index (χ2n) is 8.42. The standard InChI is InChI=1S/C23H30N4O2S/c1-15-4-6-18(7-5-15)22-20(30-17(3)24-22)14-21(28)27-12-10-26(11-13-27)16(2)23(29)25-19-8-9-19/h4-7,16,19H,8-14H2,1-3H3,(H,25,29). The molecule has 1 aromatic heterocycles. The molecule has 2 fully saturated rings. The summed E-state index contributed by atoms with van der Waals surface area (Å²) in [4.78, 5) is 35.1. The second kappa shape index (κ2) is 8.86. The number of nitrogens with zero attached hydrogens (tertiary/aromatic N) is 3. The van der Waals surface area contributed by atoms with Gasteiger partial charge in [-0.3, -0.25) is 14.5 Å². The number of amides is 2. The Morgan fingerprint density at radius 2 is 1.80 bits per heavy atom. The summed E-state index contributed by atoms with van der Waals surface area (Å²) in [6, 6.07) is 8.55. The lowest BCUT2D eigenvalue weighted by Gasteiger charge is -2.37. The van der Waals surface area contributed by atoms with Gasteiger partial charge in [-0.15, -0.1) is 11.3 Å². The first-order chi connectivity index (χ1) is 14.4. The summed E-state index contributed by atoms with van der Waals surface area (Å²) in [5, 5.41) is 4.06. The lowest BCUT2D eigenvalue weighted by Crippen LogP contribution is -2.55. The predicted molar refractivity (Wildman–Crippen MR) is 120 cm³/mol. The highest BCUT2D eigenvalue weighted by molar-refractivity contribution is 7.12. The molecule has 2 heterocycles. The van der Waals surface area contributed by atoms with Crippen LogP contribution in [0.4, 0.5) is 0 Å². The SMILES string of the molecule is Cc1ccc(-c2nc(C)sc2CC(=O)N2CCN(C(C)C(=O)NC3CC3)CC2)cc1. The van der Waals surface area contributed by atoms with E-state index in [9.17, 15) is 9.59 Å². The van der Waals surface area contributed by atoms with Crippen molar-refractivity contribution in [1.29, 1.82) is 0 Å². The molecule has 1 saturated heterocycles. The summed E-state index contributed by atoms with van der Waals surface area (Å²) in [5.74, 6) is 0.252. The maximum atomic E-state index is 13.0. The number of benzene rings is 1. The molecule has 0 bridgehead atoms. The third-order valence-electron chi connectivity index (χ3n) is 5.96. The Hall–Kier alpha value is -2.25. The molecule has 1 aromatic carbocycles. The molecule has 0 spiro atoms. The van der Waals surface area contributed by atoms with E-state index < -0.39 is 0 Å². The van der Waals surface area contributed by atoms with Crippen LogP contribution in [0.2, 0.25) is 0 Å². The zero-order valence-corrected chi connectivity index (χ0v) is 18.8. The van der Waals surface area contributed by atoms with Gasteiger partial charge in [0.15, 0.2) is 0 Å². The summed E-state index contributed by atoms with van der Waals surface area (Å²) < 4.78 is 0. The zero-order chi connectivity index (χ0) is 21.3. The van der Waals surface area contributed by atoms with Crippen molar-refractivity contribution in [2.75, 3.05) is 26.2 Å². The molecule has 2 amide bonds. The maximum absolute atomic E-state index is 13.0. The number of rotatable bonds is 6. The van der Waals surface area contributed by atoms with Gasteiger partial charge in [0.05, 0.1) is 23.2 Å². The molecule has 1 N–H and O–H groups in total. The summed E-state index contributed by atoms with van der Waals surface area (Å²) in [6.45, 7) is 8.81. The number of carbonyl (C=O) groups excluding carboxylic acids is 2. The van der Waals surface area contributed by atoms with E-state index in [1.54, 1.807) is 11.3 Å². The van der Waals surface area contributed by atoms with Crippen LogP contribution in [0.5, 0.6) is 0 Å². The number of carbonyl (C=O) groups is 2. The minimum absolute atomic E-state index is 0.111. The third kappa shape index (κ3) is 4.90. The van der Waals surface area contributed by atoms with Gasteiger partial charge in [0, 0.05) is 42.7 Å². The lowest BCUT2D eigenvalue weighted by molar-refractivity contribution is -0.133. The van der Waals surface area contributed by atoms with Crippen molar-refractivity contribution in [3.63, 3.8) is 0 Å². The molecule has 1 aliphatic carbocycles. The number of hydrogen-bond acceptors (Lipinski definition) is 5. The molecule has 6 nitrogen and oxygen atoms in total. The highest BCUT2D eigenvalue weighted by atomic mass is 32.1. The van der Waals surface area contributed by atoms with Crippen molar-refractivity contribution >= 4 is 23.2 Å². The van der Waals surface area contributed by atoms with Gasteiger partial charge >= 0.3 is 0 Å². The quantitative estimate of drug-likeness (QED) is 0.771. The van der Waals surface area contributed by atoms with E-state index >= 15 is 0 Å². The van der Waals surface area contributed by atoms with Crippen LogP contribution in [-0.4, -0.2) is 64.9 Å². The average molecular weight is 427 g/mol. The van der Waals surface area contributed by atoms with Crippen LogP contribution in [0.3, 0.4) is 0 Å². The first kappa shape index (κ1) is 21.0. The largest absolute Gasteiger partial charge is 0.352 e. The van der Waals surface area contributed by atoms with Gasteiger partial charge < -0.3 is 10.2 Å². The van der Waals surface area contributed by atoms with Gasteiger partial charge in [-0.2, -0.15) is 0 Å². The molecule has 1 atom stereocenters. The number of aromatic nitrogens is 1. The molecular weight excluding hydrogens is 396 g/mol. The van der Waals surface area contributed by atoms with Crippen molar-refractivity contribution in [3.8, 4) is 11.3 Å². The van der Waals surface area contributed by atoms with Crippen LogP contribution in [-0.2, 0) is 16.0 Å². The van der Waals surface area contributed by atoms with Crippen LogP contribution >= 0.6 is 11.3 Å². The van der Waals surface area contributed by atoms with Gasteiger partial charge in [0.1, 0.15) is 0 Å². The third-order valence-corrected chi connectivity index (χ3v) is 6.93. The Bertz CT molecular complexity index is 912. The molecule has 160 valence electrons. The smallest absolute Gasteiger partial charge is 0.237 e. The summed E-state index contributed by atoms with van der Waals surface area (Å²) in [5.41, 5.74) is 3.20. The van der Waals surface area contributed by atoms with Crippen LogP contribution in [0, 0.1) is 13.8 Å². The number of aryl methyl sites for hydroxylation is 2. The van der Waals surface area contributed by atoms with E-state index in [1.807, 2.05) is 18.7 Å². The monoisotopic (exact) mass is 426 g/mol. The van der Waals surface area contributed by atoms with Crippen molar-refractivity contribution < 1.29 is 9.59 Å². The zero-order valence-electron chi connectivity index (χ0n) is 18.0. The summed E-state index contributed by atoms with van der Waals surface area (Å²) in [7, 11) is 0. The Balaban J connectivity index is 1.35. The van der Waals surface area contributed by atoms with E-state index in [0.29, 0.717) is 25.6 Å². The van der Waals surface area contributed by atoms with Crippen molar-refractivity contribution in [2.45, 2.75) is 52.1 Å². The number of hydrogen-bond donors (Lipinski definition) is 1. The van der Waals surface area contributed by atoms with Crippen LogP contribution in [0.15, 0.2) is 24.3 Å².